The third-order valence-electron chi connectivity index (χ3n) is 4.38. The Morgan fingerprint density at radius 3 is 2.22 bits per heavy atom. The highest BCUT2D eigenvalue weighted by Gasteiger charge is 2.68. The van der Waals surface area contributed by atoms with Crippen molar-refractivity contribution in [3.63, 3.8) is 0 Å². The summed E-state index contributed by atoms with van der Waals surface area (Å²) in [4.78, 5) is 27.4. The number of aromatic nitrogens is 1. The minimum Gasteiger partial charge on any atom is -0.302 e. The maximum absolute atomic E-state index is 12.2. The molecular formula is C13H18N2O2S. The maximum Gasteiger partial charge on any atom is 0.230 e. The van der Waals surface area contributed by atoms with Gasteiger partial charge in [-0.2, -0.15) is 0 Å². The van der Waals surface area contributed by atoms with Crippen molar-refractivity contribution in [3.05, 3.63) is 11.1 Å². The van der Waals surface area contributed by atoms with E-state index in [4.69, 9.17) is 0 Å². The van der Waals surface area contributed by atoms with Crippen LogP contribution in [-0.2, 0) is 4.79 Å². The normalized spacial score (nSPS) is 20.5. The van der Waals surface area contributed by atoms with Gasteiger partial charge in [0.2, 0.25) is 5.91 Å². The SMILES string of the molecule is CC(=O)c1csc(NC(=O)C2C(C)(C)C2(C)C)n1. The number of amides is 1. The molecule has 1 heterocycles. The first kappa shape index (κ1) is 13.2. The highest BCUT2D eigenvalue weighted by atomic mass is 32.1. The lowest BCUT2D eigenvalue weighted by Gasteiger charge is -2.03. The summed E-state index contributed by atoms with van der Waals surface area (Å²) in [7, 11) is 0. The Kier molecular flexibility index (Phi) is 2.85. The predicted molar refractivity (Wildman–Crippen MR) is 71.8 cm³/mol. The number of nitrogens with zero attached hydrogens (tertiary/aromatic N) is 1. The molecular weight excluding hydrogens is 248 g/mol. The number of hydrogen-bond acceptors (Lipinski definition) is 4. The molecule has 0 aromatic carbocycles. The first-order chi connectivity index (χ1) is 8.18. The van der Waals surface area contributed by atoms with Gasteiger partial charge in [0.1, 0.15) is 5.69 Å². The lowest BCUT2D eigenvalue weighted by molar-refractivity contribution is -0.118. The molecule has 0 radical (unpaired) electrons. The molecule has 98 valence electrons. The van der Waals surface area contributed by atoms with Crippen LogP contribution >= 0.6 is 11.3 Å². The van der Waals surface area contributed by atoms with Gasteiger partial charge in [0.25, 0.3) is 0 Å². The van der Waals surface area contributed by atoms with Crippen LogP contribution in [0.3, 0.4) is 0 Å². The summed E-state index contributed by atoms with van der Waals surface area (Å²) in [5.41, 5.74) is 0.430. The Labute approximate surface area is 111 Å². The molecule has 0 spiro atoms. The molecule has 1 N–H and O–H groups in total. The third-order valence-corrected chi connectivity index (χ3v) is 5.14. The van der Waals surface area contributed by atoms with Crippen molar-refractivity contribution in [3.8, 4) is 0 Å². The van der Waals surface area contributed by atoms with Gasteiger partial charge in [0, 0.05) is 18.2 Å². The second kappa shape index (κ2) is 3.88. The minimum atomic E-state index is -0.0844. The fourth-order valence-corrected chi connectivity index (χ4v) is 3.27. The van der Waals surface area contributed by atoms with E-state index in [1.165, 1.54) is 18.3 Å². The van der Waals surface area contributed by atoms with Crippen LogP contribution < -0.4 is 5.32 Å². The van der Waals surface area contributed by atoms with E-state index < -0.39 is 0 Å². The second-order valence-electron chi connectivity index (χ2n) is 5.96. The first-order valence-electron chi connectivity index (χ1n) is 5.95. The lowest BCUT2D eigenvalue weighted by atomic mass is 10.0. The van der Waals surface area contributed by atoms with E-state index in [1.807, 2.05) is 0 Å². The Morgan fingerprint density at radius 1 is 1.28 bits per heavy atom. The van der Waals surface area contributed by atoms with Crippen molar-refractivity contribution in [2.75, 3.05) is 5.32 Å². The van der Waals surface area contributed by atoms with Crippen LogP contribution in [0.25, 0.3) is 0 Å². The van der Waals surface area contributed by atoms with Crippen molar-refractivity contribution >= 4 is 28.2 Å². The first-order valence-corrected chi connectivity index (χ1v) is 6.83. The van der Waals surface area contributed by atoms with Crippen molar-refractivity contribution in [1.82, 2.24) is 4.98 Å². The molecule has 1 fully saturated rings. The fraction of sp³-hybridized carbons (Fsp3) is 0.615. The van der Waals surface area contributed by atoms with Crippen LogP contribution in [0, 0.1) is 16.7 Å². The molecule has 0 saturated heterocycles. The van der Waals surface area contributed by atoms with E-state index in [0.717, 1.165) is 0 Å². The molecule has 0 atom stereocenters. The summed E-state index contributed by atoms with van der Waals surface area (Å²) in [5, 5.41) is 4.98. The molecule has 1 amide bonds. The van der Waals surface area contributed by atoms with E-state index in [0.29, 0.717) is 10.8 Å². The van der Waals surface area contributed by atoms with Crippen LogP contribution in [0.2, 0.25) is 0 Å². The van der Waals surface area contributed by atoms with Gasteiger partial charge in [-0.3, -0.25) is 9.59 Å². The molecule has 18 heavy (non-hydrogen) atoms. The van der Waals surface area contributed by atoms with Crippen LogP contribution in [-0.4, -0.2) is 16.7 Å². The number of thiazole rings is 1. The predicted octanol–water partition coefficient (Wildman–Crippen LogP) is 2.97. The Morgan fingerprint density at radius 2 is 1.83 bits per heavy atom. The zero-order valence-electron chi connectivity index (χ0n) is 11.3. The monoisotopic (exact) mass is 266 g/mol. The number of rotatable bonds is 3. The van der Waals surface area contributed by atoms with Gasteiger partial charge in [-0.25, -0.2) is 4.98 Å². The van der Waals surface area contributed by atoms with Gasteiger partial charge in [-0.15, -0.1) is 11.3 Å². The van der Waals surface area contributed by atoms with Gasteiger partial charge in [0.15, 0.2) is 10.9 Å². The Hall–Kier alpha value is -1.23. The summed E-state index contributed by atoms with van der Waals surface area (Å²) in [6.07, 6.45) is 0. The van der Waals surface area contributed by atoms with E-state index in [-0.39, 0.29) is 28.4 Å². The van der Waals surface area contributed by atoms with Crippen LogP contribution in [0.1, 0.15) is 45.1 Å². The zero-order chi connectivity index (χ0) is 13.7. The van der Waals surface area contributed by atoms with Crippen LogP contribution in [0.4, 0.5) is 5.13 Å². The minimum absolute atomic E-state index is 0.00493. The van der Waals surface area contributed by atoms with Crippen molar-refractivity contribution in [1.29, 1.82) is 0 Å². The van der Waals surface area contributed by atoms with Gasteiger partial charge in [-0.1, -0.05) is 27.7 Å². The van der Waals surface area contributed by atoms with E-state index in [9.17, 15) is 9.59 Å². The highest BCUT2D eigenvalue weighted by molar-refractivity contribution is 7.14. The Bertz CT molecular complexity index is 503. The number of nitrogens with one attached hydrogen (secondary N) is 1. The molecule has 0 unspecified atom stereocenters. The summed E-state index contributed by atoms with van der Waals surface area (Å²) in [6.45, 7) is 9.86. The van der Waals surface area contributed by atoms with E-state index in [1.54, 1.807) is 5.38 Å². The lowest BCUT2D eigenvalue weighted by Crippen LogP contribution is -2.17. The molecule has 4 nitrogen and oxygen atoms in total. The molecule has 1 aromatic rings. The standard InChI is InChI=1S/C13H18N2O2S/c1-7(16)8-6-18-11(14-8)15-10(17)9-12(2,3)13(9,4)5/h6,9H,1-5H3,(H,14,15,17). The molecule has 1 aromatic heterocycles. The number of Topliss-reactive ketones (excluding diaryl/α,β-unsaturated/α-hetero) is 1. The van der Waals surface area contributed by atoms with Gasteiger partial charge >= 0.3 is 0 Å². The van der Waals surface area contributed by atoms with Crippen LogP contribution in [0.5, 0.6) is 0 Å². The number of anilines is 1. The Balaban J connectivity index is 2.07. The van der Waals surface area contributed by atoms with Gasteiger partial charge < -0.3 is 5.32 Å². The van der Waals surface area contributed by atoms with E-state index >= 15 is 0 Å². The number of carbonyl (C=O) groups excluding carboxylic acids is 2. The topological polar surface area (TPSA) is 59.1 Å². The molecule has 1 saturated carbocycles. The largest absolute Gasteiger partial charge is 0.302 e. The smallest absolute Gasteiger partial charge is 0.230 e. The number of hydrogen-bond donors (Lipinski definition) is 1. The average Bonchev–Trinajstić information content (AvgIpc) is 2.60. The highest BCUT2D eigenvalue weighted by Crippen LogP contribution is 2.68. The summed E-state index contributed by atoms with van der Waals surface area (Å²) < 4.78 is 0. The molecule has 2 rings (SSSR count). The number of carbonyl (C=O) groups is 2. The quantitative estimate of drug-likeness (QED) is 0.856. The summed E-state index contributed by atoms with van der Waals surface area (Å²) >= 11 is 1.29. The fourth-order valence-electron chi connectivity index (χ4n) is 2.52. The molecule has 5 heteroatoms. The van der Waals surface area contributed by atoms with Crippen molar-refractivity contribution in [2.24, 2.45) is 16.7 Å². The van der Waals surface area contributed by atoms with E-state index in [2.05, 4.69) is 38.0 Å². The molecule has 1 aliphatic carbocycles. The zero-order valence-corrected chi connectivity index (χ0v) is 12.1. The van der Waals surface area contributed by atoms with Gasteiger partial charge in [0.05, 0.1) is 0 Å². The average molecular weight is 266 g/mol. The molecule has 1 aliphatic rings. The van der Waals surface area contributed by atoms with Crippen molar-refractivity contribution in [2.45, 2.75) is 34.6 Å². The maximum atomic E-state index is 12.2. The molecule has 0 aliphatic heterocycles. The van der Waals surface area contributed by atoms with Crippen LogP contribution in [0.15, 0.2) is 5.38 Å². The summed E-state index contributed by atoms with van der Waals surface area (Å²) in [5.74, 6) is -0.0945. The summed E-state index contributed by atoms with van der Waals surface area (Å²) in [6, 6.07) is 0. The second-order valence-corrected chi connectivity index (χ2v) is 6.82. The molecule has 0 bridgehead atoms. The number of ketones is 1. The third kappa shape index (κ3) is 1.86. The van der Waals surface area contributed by atoms with Crippen molar-refractivity contribution < 1.29 is 9.59 Å². The van der Waals surface area contributed by atoms with Gasteiger partial charge in [-0.05, 0) is 10.8 Å².